The Balaban J connectivity index is 1.89. The van der Waals surface area contributed by atoms with Gasteiger partial charge in [-0.3, -0.25) is 14.1 Å². The molecule has 0 radical (unpaired) electrons. The van der Waals surface area contributed by atoms with Crippen LogP contribution >= 0.6 is 0 Å². The van der Waals surface area contributed by atoms with Crippen LogP contribution in [0.5, 0.6) is 5.75 Å². The molecule has 156 valence electrons. The Hall–Kier alpha value is -3.20. The molecular weight excluding hydrogens is 409 g/mol. The summed E-state index contributed by atoms with van der Waals surface area (Å²) in [6.07, 6.45) is 2.54. The van der Waals surface area contributed by atoms with Crippen LogP contribution in [0.15, 0.2) is 36.5 Å². The summed E-state index contributed by atoms with van der Waals surface area (Å²) in [5.41, 5.74) is 2.41. The van der Waals surface area contributed by atoms with Crippen LogP contribution in [0.1, 0.15) is 27.0 Å². The van der Waals surface area contributed by atoms with E-state index < -0.39 is 15.9 Å². The van der Waals surface area contributed by atoms with Gasteiger partial charge in [0.1, 0.15) is 11.3 Å². The number of carbonyl (C=O) groups is 1. The fourth-order valence-electron chi connectivity index (χ4n) is 3.83. The van der Waals surface area contributed by atoms with Crippen molar-refractivity contribution >= 4 is 32.5 Å². The lowest BCUT2D eigenvalue weighted by atomic mass is 10.0. The van der Waals surface area contributed by atoms with Crippen molar-refractivity contribution in [3.8, 4) is 5.75 Å². The number of hydrogen-bond donors (Lipinski definition) is 1. The number of aromatic nitrogens is 1. The van der Waals surface area contributed by atoms with Gasteiger partial charge in [-0.2, -0.15) is 0 Å². The van der Waals surface area contributed by atoms with Gasteiger partial charge in [-0.15, -0.1) is 0 Å². The van der Waals surface area contributed by atoms with Gasteiger partial charge in [-0.1, -0.05) is 6.07 Å². The van der Waals surface area contributed by atoms with E-state index in [1.165, 1.54) is 30.3 Å². The Bertz CT molecular complexity index is 1310. The Morgan fingerprint density at radius 3 is 2.70 bits per heavy atom. The van der Waals surface area contributed by atoms with Gasteiger partial charge in [0.05, 0.1) is 17.5 Å². The summed E-state index contributed by atoms with van der Waals surface area (Å²) in [5.74, 6) is -1.06. The van der Waals surface area contributed by atoms with Gasteiger partial charge < -0.3 is 10.0 Å². The van der Waals surface area contributed by atoms with Crippen molar-refractivity contribution in [3.05, 3.63) is 64.6 Å². The summed E-state index contributed by atoms with van der Waals surface area (Å²) >= 11 is 0. The van der Waals surface area contributed by atoms with E-state index in [4.69, 9.17) is 0 Å². The second-order valence-electron chi connectivity index (χ2n) is 7.41. The molecular formula is C21H20FN3O4S. The van der Waals surface area contributed by atoms with Crippen molar-refractivity contribution in [2.75, 3.05) is 17.6 Å². The van der Waals surface area contributed by atoms with Crippen LogP contribution in [0.3, 0.4) is 0 Å². The van der Waals surface area contributed by atoms with Crippen LogP contribution in [0.2, 0.25) is 0 Å². The number of carbonyl (C=O) groups excluding carboxylic acids is 1. The third kappa shape index (κ3) is 3.15. The van der Waals surface area contributed by atoms with E-state index in [-0.39, 0.29) is 35.7 Å². The molecule has 30 heavy (non-hydrogen) atoms. The van der Waals surface area contributed by atoms with Crippen molar-refractivity contribution < 1.29 is 22.7 Å². The molecule has 2 aromatic carbocycles. The molecule has 9 heteroatoms. The number of sulfonamides is 1. The molecule has 0 saturated carbocycles. The molecule has 3 aromatic rings. The van der Waals surface area contributed by atoms with E-state index in [1.54, 1.807) is 25.1 Å². The van der Waals surface area contributed by atoms with Crippen LogP contribution in [0.25, 0.3) is 10.9 Å². The van der Waals surface area contributed by atoms with Gasteiger partial charge in [0, 0.05) is 37.3 Å². The number of halogens is 1. The molecule has 1 aliphatic heterocycles. The molecule has 0 unspecified atom stereocenters. The fourth-order valence-corrected chi connectivity index (χ4v) is 4.37. The molecule has 0 saturated heterocycles. The second kappa shape index (κ2) is 6.94. The van der Waals surface area contributed by atoms with Crippen molar-refractivity contribution in [2.45, 2.75) is 20.0 Å². The maximum atomic E-state index is 13.4. The number of hydrogen-bond acceptors (Lipinski definition) is 5. The zero-order chi connectivity index (χ0) is 21.8. The number of rotatable bonds is 4. The van der Waals surface area contributed by atoms with Gasteiger partial charge in [0.15, 0.2) is 5.75 Å². The first-order valence-electron chi connectivity index (χ1n) is 9.20. The number of anilines is 1. The van der Waals surface area contributed by atoms with Crippen LogP contribution in [-0.2, 0) is 23.1 Å². The van der Waals surface area contributed by atoms with Gasteiger partial charge in [0.2, 0.25) is 10.0 Å². The minimum atomic E-state index is -3.63. The average Bonchev–Trinajstić information content (AvgIpc) is 3.00. The fraction of sp³-hybridized carbons (Fsp3) is 0.238. The molecule has 4 rings (SSSR count). The van der Waals surface area contributed by atoms with E-state index in [0.29, 0.717) is 22.2 Å². The lowest BCUT2D eigenvalue weighted by molar-refractivity contribution is 0.0764. The van der Waals surface area contributed by atoms with Crippen LogP contribution < -0.4 is 4.31 Å². The number of phenols is 1. The highest BCUT2D eigenvalue weighted by Crippen LogP contribution is 2.44. The Morgan fingerprint density at radius 2 is 2.03 bits per heavy atom. The SMILES string of the molecule is Cc1cc(F)ccc1CN1Cc2c(c(O)c3ncccc3c2N(C)S(C)(=O)=O)C1=O. The summed E-state index contributed by atoms with van der Waals surface area (Å²) in [5, 5.41) is 11.2. The largest absolute Gasteiger partial charge is 0.505 e. The third-order valence-corrected chi connectivity index (χ3v) is 6.62. The predicted octanol–water partition coefficient (Wildman–Crippen LogP) is 2.94. The number of nitrogens with zero attached hydrogens (tertiary/aromatic N) is 3. The molecule has 0 aliphatic carbocycles. The van der Waals surface area contributed by atoms with Crippen LogP contribution in [0.4, 0.5) is 10.1 Å². The molecule has 7 nitrogen and oxygen atoms in total. The number of phenolic OH excluding ortho intramolecular Hbond substituents is 1. The number of benzene rings is 2. The summed E-state index contributed by atoms with van der Waals surface area (Å²) < 4.78 is 39.1. The van der Waals surface area contributed by atoms with Crippen molar-refractivity contribution in [2.24, 2.45) is 0 Å². The van der Waals surface area contributed by atoms with Gasteiger partial charge in [-0.25, -0.2) is 12.8 Å². The summed E-state index contributed by atoms with van der Waals surface area (Å²) in [6, 6.07) is 7.64. The minimum absolute atomic E-state index is 0.0477. The maximum absolute atomic E-state index is 13.4. The predicted molar refractivity (Wildman–Crippen MR) is 111 cm³/mol. The Labute approximate surface area is 173 Å². The average molecular weight is 429 g/mol. The van der Waals surface area contributed by atoms with Crippen molar-refractivity contribution in [3.63, 3.8) is 0 Å². The first-order chi connectivity index (χ1) is 14.1. The highest BCUT2D eigenvalue weighted by atomic mass is 32.2. The standard InChI is InChI=1S/C21H20FN3O4S/c1-12-9-14(22)7-6-13(12)10-25-11-16-17(21(25)27)20(26)18-15(5-4-8-23-18)19(16)24(2)30(3,28)29/h4-9,26H,10-11H2,1-3H3. The summed E-state index contributed by atoms with van der Waals surface area (Å²) in [6.45, 7) is 2.06. The highest BCUT2D eigenvalue weighted by molar-refractivity contribution is 7.92. The minimum Gasteiger partial charge on any atom is -0.505 e. The smallest absolute Gasteiger partial charge is 0.258 e. The van der Waals surface area contributed by atoms with E-state index in [0.717, 1.165) is 16.1 Å². The molecule has 0 atom stereocenters. The molecule has 0 bridgehead atoms. The highest BCUT2D eigenvalue weighted by Gasteiger charge is 2.37. The molecule has 2 heterocycles. The number of fused-ring (bicyclic) bond motifs is 2. The number of aromatic hydroxyl groups is 1. The molecule has 0 spiro atoms. The third-order valence-electron chi connectivity index (χ3n) is 5.44. The second-order valence-corrected chi connectivity index (χ2v) is 9.43. The monoisotopic (exact) mass is 429 g/mol. The molecule has 1 aromatic heterocycles. The Kier molecular flexibility index (Phi) is 4.65. The number of amides is 1. The Morgan fingerprint density at radius 1 is 1.30 bits per heavy atom. The molecule has 1 aliphatic rings. The first-order valence-corrected chi connectivity index (χ1v) is 11.0. The van der Waals surface area contributed by atoms with E-state index in [1.807, 2.05) is 0 Å². The zero-order valence-electron chi connectivity index (χ0n) is 16.7. The summed E-state index contributed by atoms with van der Waals surface area (Å²) in [4.78, 5) is 18.8. The number of pyridine rings is 1. The quantitative estimate of drug-likeness (QED) is 0.689. The van der Waals surface area contributed by atoms with Crippen LogP contribution in [-0.4, -0.2) is 42.6 Å². The van der Waals surface area contributed by atoms with E-state index >= 15 is 0 Å². The lowest BCUT2D eigenvalue weighted by Crippen LogP contribution is -2.26. The topological polar surface area (TPSA) is 90.8 Å². The molecule has 1 N–H and O–H groups in total. The lowest BCUT2D eigenvalue weighted by Gasteiger charge is -2.22. The van der Waals surface area contributed by atoms with Crippen LogP contribution in [0, 0.1) is 12.7 Å². The van der Waals surface area contributed by atoms with E-state index in [9.17, 15) is 22.7 Å². The van der Waals surface area contributed by atoms with Gasteiger partial charge >= 0.3 is 0 Å². The molecule has 0 fully saturated rings. The maximum Gasteiger partial charge on any atom is 0.258 e. The van der Waals surface area contributed by atoms with Gasteiger partial charge in [-0.05, 0) is 42.3 Å². The van der Waals surface area contributed by atoms with Crippen molar-refractivity contribution in [1.29, 1.82) is 0 Å². The molecule has 1 amide bonds. The van der Waals surface area contributed by atoms with E-state index in [2.05, 4.69) is 4.98 Å². The van der Waals surface area contributed by atoms with Crippen molar-refractivity contribution in [1.82, 2.24) is 9.88 Å². The van der Waals surface area contributed by atoms with Gasteiger partial charge in [0.25, 0.3) is 5.91 Å². The summed E-state index contributed by atoms with van der Waals surface area (Å²) in [7, 11) is -2.23. The number of aryl methyl sites for hydroxylation is 1. The zero-order valence-corrected chi connectivity index (χ0v) is 17.5. The normalized spacial score (nSPS) is 13.7. The first kappa shape index (κ1) is 20.1.